The van der Waals surface area contributed by atoms with Gasteiger partial charge in [0.25, 0.3) is 5.91 Å². The fraction of sp³-hybridized carbons (Fsp3) is 0.130. The van der Waals surface area contributed by atoms with Crippen LogP contribution in [0.25, 0.3) is 6.08 Å². The van der Waals surface area contributed by atoms with E-state index in [-0.39, 0.29) is 17.0 Å². The van der Waals surface area contributed by atoms with Crippen molar-refractivity contribution in [2.75, 3.05) is 11.9 Å². The van der Waals surface area contributed by atoms with Gasteiger partial charge in [-0.15, -0.1) is 0 Å². The number of aliphatic carboxylic acids is 1. The van der Waals surface area contributed by atoms with Crippen LogP contribution in [-0.4, -0.2) is 40.0 Å². The normalized spacial score (nSPS) is 11.8. The Kier molecular flexibility index (Phi) is 7.35. The minimum absolute atomic E-state index is 0.130. The van der Waals surface area contributed by atoms with Gasteiger partial charge >= 0.3 is 5.97 Å². The summed E-state index contributed by atoms with van der Waals surface area (Å²) in [5.41, 5.74) is 2.05. The van der Waals surface area contributed by atoms with Gasteiger partial charge in [0.15, 0.2) is 0 Å². The number of anilines is 2. The van der Waals surface area contributed by atoms with E-state index in [9.17, 15) is 14.7 Å². The third-order valence-electron chi connectivity index (χ3n) is 4.54. The van der Waals surface area contributed by atoms with Crippen LogP contribution >= 0.6 is 11.6 Å². The van der Waals surface area contributed by atoms with Gasteiger partial charge in [-0.3, -0.25) is 4.79 Å². The lowest BCUT2D eigenvalue weighted by Crippen LogP contribution is -2.40. The van der Waals surface area contributed by atoms with Gasteiger partial charge in [0.1, 0.15) is 6.04 Å². The first-order valence-corrected chi connectivity index (χ1v) is 9.89. The minimum Gasteiger partial charge on any atom is -0.480 e. The summed E-state index contributed by atoms with van der Waals surface area (Å²) in [5.74, 6) is -1.06. The molecule has 1 atom stereocenters. The number of carboxylic acids is 1. The molecule has 3 aromatic rings. The van der Waals surface area contributed by atoms with Crippen LogP contribution in [0.5, 0.6) is 0 Å². The Morgan fingerprint density at radius 2 is 1.77 bits per heavy atom. The molecule has 31 heavy (non-hydrogen) atoms. The van der Waals surface area contributed by atoms with Gasteiger partial charge in [0.2, 0.25) is 5.95 Å². The molecule has 1 unspecified atom stereocenters. The van der Waals surface area contributed by atoms with Gasteiger partial charge < -0.3 is 15.3 Å². The summed E-state index contributed by atoms with van der Waals surface area (Å²) in [6.07, 6.45) is 7.01. The van der Waals surface area contributed by atoms with Crippen LogP contribution in [0.1, 0.15) is 22.3 Å². The van der Waals surface area contributed by atoms with Crippen LogP contribution in [0.4, 0.5) is 11.6 Å². The van der Waals surface area contributed by atoms with Crippen molar-refractivity contribution in [1.29, 1.82) is 0 Å². The molecule has 0 fully saturated rings. The Hall–Kier alpha value is -3.71. The largest absolute Gasteiger partial charge is 0.480 e. The molecular formula is C23H21ClN4O3. The number of rotatable bonds is 8. The second-order valence-electron chi connectivity index (χ2n) is 6.68. The highest BCUT2D eigenvalue weighted by atomic mass is 35.5. The van der Waals surface area contributed by atoms with Gasteiger partial charge in [-0.05, 0) is 42.3 Å². The van der Waals surface area contributed by atoms with Crippen LogP contribution in [0, 0.1) is 0 Å². The lowest BCUT2D eigenvalue weighted by atomic mass is 10.1. The molecule has 1 aromatic heterocycles. The fourth-order valence-corrected chi connectivity index (χ4v) is 3.05. The molecule has 2 aromatic carbocycles. The van der Waals surface area contributed by atoms with E-state index >= 15 is 0 Å². The molecule has 7 nitrogen and oxygen atoms in total. The summed E-state index contributed by atoms with van der Waals surface area (Å²) in [6.45, 7) is 0. The van der Waals surface area contributed by atoms with Crippen molar-refractivity contribution in [2.24, 2.45) is 0 Å². The molecule has 0 aliphatic rings. The molecule has 0 spiro atoms. The molecule has 2 N–H and O–H groups in total. The number of hydrogen-bond acceptors (Lipinski definition) is 5. The third kappa shape index (κ3) is 5.90. The Balaban J connectivity index is 1.62. The first kappa shape index (κ1) is 22.0. The van der Waals surface area contributed by atoms with E-state index in [1.54, 1.807) is 54.9 Å². The predicted octanol–water partition coefficient (Wildman–Crippen LogP) is 4.18. The second-order valence-corrected chi connectivity index (χ2v) is 7.09. The van der Waals surface area contributed by atoms with Crippen LogP contribution in [-0.2, 0) is 4.79 Å². The van der Waals surface area contributed by atoms with Gasteiger partial charge in [-0.1, -0.05) is 48.0 Å². The highest BCUT2D eigenvalue weighted by molar-refractivity contribution is 6.33. The van der Waals surface area contributed by atoms with E-state index in [1.165, 1.54) is 0 Å². The lowest BCUT2D eigenvalue weighted by molar-refractivity contribution is -0.139. The van der Waals surface area contributed by atoms with Crippen molar-refractivity contribution in [3.63, 3.8) is 0 Å². The molecule has 0 aliphatic carbocycles. The van der Waals surface area contributed by atoms with Crippen molar-refractivity contribution < 1.29 is 14.7 Å². The molecule has 0 saturated carbocycles. The first-order valence-electron chi connectivity index (χ1n) is 9.51. The quantitative estimate of drug-likeness (QED) is 0.550. The molecule has 1 heterocycles. The number of nitrogens with zero attached hydrogens (tertiary/aromatic N) is 3. The van der Waals surface area contributed by atoms with Gasteiger partial charge in [-0.25, -0.2) is 14.8 Å². The van der Waals surface area contributed by atoms with E-state index in [0.29, 0.717) is 5.95 Å². The van der Waals surface area contributed by atoms with Gasteiger partial charge in [-0.2, -0.15) is 0 Å². The Bertz CT molecular complexity index is 1070. The summed E-state index contributed by atoms with van der Waals surface area (Å²) < 4.78 is 0. The van der Waals surface area contributed by atoms with E-state index < -0.39 is 17.9 Å². The zero-order chi connectivity index (χ0) is 22.2. The number of benzene rings is 2. The standard InChI is InChI=1S/C23H21ClN4O3/c1-28(23-25-14-5-15-26-23)17-12-10-16(11-13-17)6-4-9-20(22(30)31)27-21(29)18-7-2-3-8-19(18)24/h2-8,10-15,20H,9H2,1H3,(H,27,29)(H,30,31). The number of halogens is 1. The number of hydrogen-bond donors (Lipinski definition) is 2. The van der Waals surface area contributed by atoms with Crippen molar-refractivity contribution in [3.05, 3.63) is 89.2 Å². The number of nitrogens with one attached hydrogen (secondary N) is 1. The second kappa shape index (κ2) is 10.4. The van der Waals surface area contributed by atoms with Gasteiger partial charge in [0.05, 0.1) is 10.6 Å². The van der Waals surface area contributed by atoms with Crippen LogP contribution < -0.4 is 10.2 Å². The fourth-order valence-electron chi connectivity index (χ4n) is 2.83. The molecule has 1 amide bonds. The highest BCUT2D eigenvalue weighted by Crippen LogP contribution is 2.20. The summed E-state index contributed by atoms with van der Waals surface area (Å²) >= 11 is 6.01. The topological polar surface area (TPSA) is 95.4 Å². The lowest BCUT2D eigenvalue weighted by Gasteiger charge is -2.16. The number of amides is 1. The zero-order valence-electron chi connectivity index (χ0n) is 16.8. The number of carbonyl (C=O) groups excluding carboxylic acids is 1. The van der Waals surface area contributed by atoms with Crippen molar-refractivity contribution in [3.8, 4) is 0 Å². The SMILES string of the molecule is CN(c1ccc(C=CCC(NC(=O)c2ccccc2Cl)C(=O)O)cc1)c1ncccn1. The Morgan fingerprint density at radius 1 is 1.10 bits per heavy atom. The maximum absolute atomic E-state index is 12.3. The summed E-state index contributed by atoms with van der Waals surface area (Å²) in [4.78, 5) is 34.2. The summed E-state index contributed by atoms with van der Waals surface area (Å²) in [7, 11) is 1.87. The van der Waals surface area contributed by atoms with Crippen molar-refractivity contribution in [2.45, 2.75) is 12.5 Å². The Morgan fingerprint density at radius 3 is 2.42 bits per heavy atom. The van der Waals surface area contributed by atoms with Crippen LogP contribution in [0.3, 0.4) is 0 Å². The predicted molar refractivity (Wildman–Crippen MR) is 121 cm³/mol. The van der Waals surface area contributed by atoms with Crippen LogP contribution in [0.2, 0.25) is 5.02 Å². The van der Waals surface area contributed by atoms with Gasteiger partial charge in [0, 0.05) is 25.1 Å². The number of carbonyl (C=O) groups is 2. The monoisotopic (exact) mass is 436 g/mol. The average molecular weight is 437 g/mol. The zero-order valence-corrected chi connectivity index (χ0v) is 17.5. The van der Waals surface area contributed by atoms with E-state index in [1.807, 2.05) is 36.2 Å². The molecule has 0 bridgehead atoms. The maximum Gasteiger partial charge on any atom is 0.326 e. The molecule has 3 rings (SSSR count). The molecule has 0 radical (unpaired) electrons. The van der Waals surface area contributed by atoms with E-state index in [2.05, 4.69) is 15.3 Å². The van der Waals surface area contributed by atoms with Crippen molar-refractivity contribution in [1.82, 2.24) is 15.3 Å². The summed E-state index contributed by atoms with van der Waals surface area (Å²) in [5, 5.41) is 12.2. The number of aromatic nitrogens is 2. The Labute approximate surface area is 185 Å². The molecule has 0 aliphatic heterocycles. The van der Waals surface area contributed by atoms with E-state index in [0.717, 1.165) is 11.3 Å². The van der Waals surface area contributed by atoms with E-state index in [4.69, 9.17) is 11.6 Å². The third-order valence-corrected chi connectivity index (χ3v) is 4.87. The molecule has 158 valence electrons. The first-order chi connectivity index (χ1) is 15.0. The minimum atomic E-state index is -1.12. The molecule has 8 heteroatoms. The number of carboxylic acid groups (broad SMARTS) is 1. The average Bonchev–Trinajstić information content (AvgIpc) is 2.79. The van der Waals surface area contributed by atoms with Crippen LogP contribution in [0.15, 0.2) is 73.1 Å². The maximum atomic E-state index is 12.3. The molecular weight excluding hydrogens is 416 g/mol. The van der Waals surface area contributed by atoms with Crippen molar-refractivity contribution >= 4 is 41.2 Å². The smallest absolute Gasteiger partial charge is 0.326 e. The highest BCUT2D eigenvalue weighted by Gasteiger charge is 2.20. The summed E-state index contributed by atoms with van der Waals surface area (Å²) in [6, 6.07) is 14.8. The molecule has 0 saturated heterocycles.